The number of aromatic nitrogens is 2. The van der Waals surface area contributed by atoms with Crippen molar-refractivity contribution in [1.29, 1.82) is 0 Å². The number of nitrogens with two attached hydrogens (primary N) is 1. The molecule has 0 amide bonds. The summed E-state index contributed by atoms with van der Waals surface area (Å²) in [5, 5.41) is 0. The van der Waals surface area contributed by atoms with E-state index in [9.17, 15) is 13.6 Å². The Kier molecular flexibility index (Phi) is 4.94. The van der Waals surface area contributed by atoms with Crippen molar-refractivity contribution in [3.05, 3.63) is 70.5 Å². The van der Waals surface area contributed by atoms with E-state index in [0.29, 0.717) is 35.7 Å². The molecule has 1 unspecified atom stereocenters. The van der Waals surface area contributed by atoms with E-state index in [1.165, 1.54) is 6.07 Å². The first-order valence-corrected chi connectivity index (χ1v) is 9.76. The maximum atomic E-state index is 13.8. The Hall–Kier alpha value is -3.02. The molecule has 2 aromatic heterocycles. The number of hydrogen-bond donors (Lipinski definition) is 2. The summed E-state index contributed by atoms with van der Waals surface area (Å²) in [6, 6.07) is 7.42. The lowest BCUT2D eigenvalue weighted by atomic mass is 9.79. The van der Waals surface area contributed by atoms with Crippen molar-refractivity contribution in [2.75, 3.05) is 5.73 Å². The van der Waals surface area contributed by atoms with E-state index < -0.39 is 11.6 Å². The molecule has 1 aliphatic carbocycles. The highest BCUT2D eigenvalue weighted by Gasteiger charge is 2.32. The average molecular weight is 395 g/mol. The van der Waals surface area contributed by atoms with E-state index in [4.69, 9.17) is 5.73 Å². The third-order valence-corrected chi connectivity index (χ3v) is 5.75. The summed E-state index contributed by atoms with van der Waals surface area (Å²) in [6.45, 7) is 4.25. The normalized spacial score (nSPS) is 16.3. The highest BCUT2D eigenvalue weighted by Crippen LogP contribution is 2.38. The average Bonchev–Trinajstić information content (AvgIpc) is 3.03. The first kappa shape index (κ1) is 19.3. The number of Topliss-reactive ketones (excluding diaryl/α,β-unsaturated/α-hetero) is 1. The summed E-state index contributed by atoms with van der Waals surface area (Å²) in [5.41, 5.74) is 10.4. The standard InChI is InChI=1S/C23H23F2N3O/c1-12(2)15-9-19-22(20(29)10-15)16(7-13-3-4-17(24)18(25)8-13)23(28-19)14-5-6-27-21(26)11-14/h3-6,8,11-12,15,28H,7,9-10H2,1-2H3,(H2,26,27). The molecule has 3 aromatic rings. The van der Waals surface area contributed by atoms with Gasteiger partial charge in [0.1, 0.15) is 5.82 Å². The van der Waals surface area contributed by atoms with Crippen LogP contribution in [0.3, 0.4) is 0 Å². The molecule has 0 fully saturated rings. The van der Waals surface area contributed by atoms with Gasteiger partial charge >= 0.3 is 0 Å². The van der Waals surface area contributed by atoms with Crippen molar-refractivity contribution >= 4 is 11.6 Å². The van der Waals surface area contributed by atoms with Crippen molar-refractivity contribution < 1.29 is 13.6 Å². The molecule has 4 rings (SSSR count). The Bertz CT molecular complexity index is 1090. The topological polar surface area (TPSA) is 71.8 Å². The SMILES string of the molecule is CC(C)C1CC(=O)c2c([nH]c(-c3ccnc(N)c3)c2Cc2ccc(F)c(F)c2)C1. The number of ketones is 1. The Morgan fingerprint density at radius 1 is 1.17 bits per heavy atom. The van der Waals surface area contributed by atoms with Crippen molar-refractivity contribution in [2.24, 2.45) is 11.8 Å². The first-order valence-electron chi connectivity index (χ1n) is 9.76. The largest absolute Gasteiger partial charge is 0.384 e. The second-order valence-electron chi connectivity index (χ2n) is 8.06. The highest BCUT2D eigenvalue weighted by atomic mass is 19.2. The molecule has 0 spiro atoms. The molecule has 1 aliphatic rings. The van der Waals surface area contributed by atoms with Crippen LogP contribution in [-0.2, 0) is 12.8 Å². The number of carbonyl (C=O) groups excluding carboxylic acids is 1. The lowest BCUT2D eigenvalue weighted by Gasteiger charge is -2.25. The van der Waals surface area contributed by atoms with Gasteiger partial charge in [0.15, 0.2) is 17.4 Å². The monoisotopic (exact) mass is 395 g/mol. The van der Waals surface area contributed by atoms with Crippen LogP contribution >= 0.6 is 0 Å². The lowest BCUT2D eigenvalue weighted by Crippen LogP contribution is -2.24. The molecular formula is C23H23F2N3O. The van der Waals surface area contributed by atoms with Crippen LogP contribution in [0, 0.1) is 23.5 Å². The molecule has 3 N–H and O–H groups in total. The van der Waals surface area contributed by atoms with E-state index in [1.54, 1.807) is 18.3 Å². The van der Waals surface area contributed by atoms with E-state index >= 15 is 0 Å². The third kappa shape index (κ3) is 3.67. The van der Waals surface area contributed by atoms with Crippen LogP contribution < -0.4 is 5.73 Å². The minimum absolute atomic E-state index is 0.0899. The van der Waals surface area contributed by atoms with Gasteiger partial charge in [-0.25, -0.2) is 13.8 Å². The molecule has 0 radical (unpaired) electrons. The number of carbonyl (C=O) groups is 1. The minimum atomic E-state index is -0.896. The van der Waals surface area contributed by atoms with Crippen LogP contribution in [0.1, 0.15) is 47.4 Å². The number of fused-ring (bicyclic) bond motifs is 1. The van der Waals surface area contributed by atoms with E-state index in [2.05, 4.69) is 23.8 Å². The van der Waals surface area contributed by atoms with Crippen LogP contribution in [0.25, 0.3) is 11.3 Å². The van der Waals surface area contributed by atoms with Crippen molar-refractivity contribution in [2.45, 2.75) is 33.1 Å². The molecule has 2 heterocycles. The van der Waals surface area contributed by atoms with Crippen LogP contribution in [-0.4, -0.2) is 15.8 Å². The van der Waals surface area contributed by atoms with Gasteiger partial charge in [-0.1, -0.05) is 19.9 Å². The van der Waals surface area contributed by atoms with Crippen molar-refractivity contribution in [3.8, 4) is 11.3 Å². The quantitative estimate of drug-likeness (QED) is 0.658. The second-order valence-corrected chi connectivity index (χ2v) is 8.06. The number of anilines is 1. The summed E-state index contributed by atoms with van der Waals surface area (Å²) in [7, 11) is 0. The number of nitrogens with one attached hydrogen (secondary N) is 1. The number of nitrogen functional groups attached to an aromatic ring is 1. The fraction of sp³-hybridized carbons (Fsp3) is 0.304. The summed E-state index contributed by atoms with van der Waals surface area (Å²) in [4.78, 5) is 20.5. The number of H-pyrrole nitrogens is 1. The predicted molar refractivity (Wildman–Crippen MR) is 109 cm³/mol. The van der Waals surface area contributed by atoms with E-state index in [1.807, 2.05) is 6.07 Å². The predicted octanol–water partition coefficient (Wildman–Crippen LogP) is 4.93. The summed E-state index contributed by atoms with van der Waals surface area (Å²) >= 11 is 0. The van der Waals surface area contributed by atoms with E-state index in [0.717, 1.165) is 35.0 Å². The zero-order valence-electron chi connectivity index (χ0n) is 16.4. The number of pyridine rings is 1. The van der Waals surface area contributed by atoms with Crippen molar-refractivity contribution in [3.63, 3.8) is 0 Å². The number of nitrogens with zero attached hydrogens (tertiary/aromatic N) is 1. The Morgan fingerprint density at radius 3 is 2.66 bits per heavy atom. The molecule has 4 nitrogen and oxygen atoms in total. The van der Waals surface area contributed by atoms with E-state index in [-0.39, 0.29) is 11.7 Å². The smallest absolute Gasteiger partial charge is 0.165 e. The molecule has 0 aliphatic heterocycles. The fourth-order valence-electron chi connectivity index (χ4n) is 4.11. The molecule has 0 saturated heterocycles. The number of aromatic amines is 1. The maximum Gasteiger partial charge on any atom is 0.165 e. The van der Waals surface area contributed by atoms with Crippen LogP contribution in [0.2, 0.25) is 0 Å². The Labute approximate surface area is 168 Å². The number of halogens is 2. The van der Waals surface area contributed by atoms with Gasteiger partial charge in [0.2, 0.25) is 0 Å². The maximum absolute atomic E-state index is 13.8. The zero-order valence-corrected chi connectivity index (χ0v) is 16.4. The summed E-state index contributed by atoms with van der Waals surface area (Å²) in [5.74, 6) is -0.645. The fourth-order valence-corrected chi connectivity index (χ4v) is 4.11. The van der Waals surface area contributed by atoms with Gasteiger partial charge in [-0.2, -0.15) is 0 Å². The van der Waals surface area contributed by atoms with Crippen molar-refractivity contribution in [1.82, 2.24) is 9.97 Å². The van der Waals surface area contributed by atoms with Gasteiger partial charge in [0.25, 0.3) is 0 Å². The molecule has 150 valence electrons. The van der Waals surface area contributed by atoms with Gasteiger partial charge in [-0.15, -0.1) is 0 Å². The Morgan fingerprint density at radius 2 is 1.97 bits per heavy atom. The highest BCUT2D eigenvalue weighted by molar-refractivity contribution is 6.02. The van der Waals surface area contributed by atoms with Crippen LogP contribution in [0.5, 0.6) is 0 Å². The van der Waals surface area contributed by atoms with Gasteiger partial charge in [-0.3, -0.25) is 4.79 Å². The Balaban J connectivity index is 1.85. The van der Waals surface area contributed by atoms with Crippen LogP contribution in [0.15, 0.2) is 36.5 Å². The minimum Gasteiger partial charge on any atom is -0.384 e. The number of rotatable bonds is 4. The number of benzene rings is 1. The molecule has 0 saturated carbocycles. The first-order chi connectivity index (χ1) is 13.8. The molecule has 6 heteroatoms. The van der Waals surface area contributed by atoms with Gasteiger partial charge in [0.05, 0.1) is 5.69 Å². The third-order valence-electron chi connectivity index (χ3n) is 5.75. The van der Waals surface area contributed by atoms with Gasteiger partial charge in [0, 0.05) is 35.9 Å². The number of hydrogen-bond acceptors (Lipinski definition) is 3. The molecule has 1 atom stereocenters. The van der Waals surface area contributed by atoms with Gasteiger partial charge < -0.3 is 10.7 Å². The molecule has 29 heavy (non-hydrogen) atoms. The zero-order chi connectivity index (χ0) is 20.7. The summed E-state index contributed by atoms with van der Waals surface area (Å²) < 4.78 is 27.1. The molecule has 0 bridgehead atoms. The second kappa shape index (κ2) is 7.43. The lowest BCUT2D eigenvalue weighted by molar-refractivity contribution is 0.0932. The van der Waals surface area contributed by atoms with Crippen LogP contribution in [0.4, 0.5) is 14.6 Å². The molecule has 1 aromatic carbocycles. The molecular weight excluding hydrogens is 372 g/mol. The summed E-state index contributed by atoms with van der Waals surface area (Å²) in [6.07, 6.45) is 3.21. The van der Waals surface area contributed by atoms with Gasteiger partial charge in [-0.05, 0) is 53.6 Å².